The van der Waals surface area contributed by atoms with Gasteiger partial charge in [-0.1, -0.05) is 140 Å². The lowest BCUT2D eigenvalue weighted by atomic mass is 9.83. The molecule has 2 unspecified atom stereocenters. The van der Waals surface area contributed by atoms with Gasteiger partial charge in [-0.25, -0.2) is 0 Å². The van der Waals surface area contributed by atoms with E-state index in [1.165, 1.54) is 76.6 Å². The van der Waals surface area contributed by atoms with Crippen molar-refractivity contribution >= 4 is 65.6 Å². The highest BCUT2D eigenvalue weighted by Crippen LogP contribution is 2.46. The molecule has 0 bridgehead atoms. The molecule has 54 heavy (non-hydrogen) atoms. The van der Waals surface area contributed by atoms with Crippen LogP contribution in [0, 0.1) is 0 Å². The average molecular weight is 692 g/mol. The first kappa shape index (κ1) is 30.8. The fourth-order valence-corrected chi connectivity index (χ4v) is 9.20. The molecule has 3 nitrogen and oxygen atoms in total. The monoisotopic (exact) mass is 691 g/mol. The summed E-state index contributed by atoms with van der Waals surface area (Å²) in [5.41, 5.74) is 13.2. The molecule has 0 saturated carbocycles. The van der Waals surface area contributed by atoms with Crippen LogP contribution in [-0.4, -0.2) is 9.13 Å². The largest absolute Gasteiger partial charge is 0.377 e. The van der Waals surface area contributed by atoms with Crippen molar-refractivity contribution in [3.8, 4) is 11.4 Å². The summed E-state index contributed by atoms with van der Waals surface area (Å²) in [5.74, 6) is 0.224. The van der Waals surface area contributed by atoms with Gasteiger partial charge in [0.25, 0.3) is 0 Å². The van der Waals surface area contributed by atoms with Crippen molar-refractivity contribution in [3.63, 3.8) is 0 Å². The lowest BCUT2D eigenvalue weighted by molar-refractivity contribution is 0.606. The molecule has 10 aromatic rings. The normalized spacial score (nSPS) is 15.9. The number of rotatable bonds is 4. The van der Waals surface area contributed by atoms with E-state index in [4.69, 9.17) is 0 Å². The molecule has 1 aliphatic heterocycles. The summed E-state index contributed by atoms with van der Waals surface area (Å²) >= 11 is 0. The number of hydrogen-bond acceptors (Lipinski definition) is 1. The predicted molar refractivity (Wildman–Crippen MR) is 228 cm³/mol. The number of nitrogens with zero attached hydrogens (tertiary/aromatic N) is 2. The van der Waals surface area contributed by atoms with Crippen molar-refractivity contribution in [3.05, 3.63) is 205 Å². The molecule has 8 aromatic carbocycles. The molecule has 3 heterocycles. The lowest BCUT2D eigenvalue weighted by Crippen LogP contribution is -2.18. The fourth-order valence-electron chi connectivity index (χ4n) is 9.20. The molecule has 0 aliphatic carbocycles. The molecule has 256 valence electrons. The Morgan fingerprint density at radius 2 is 1.11 bits per heavy atom. The molecule has 0 fully saturated rings. The molecule has 0 spiro atoms. The Kier molecular flexibility index (Phi) is 6.90. The molecular formula is C51H37N3. The van der Waals surface area contributed by atoms with Crippen LogP contribution in [0.4, 0.5) is 5.69 Å². The summed E-state index contributed by atoms with van der Waals surface area (Å²) in [4.78, 5) is 0. The second-order valence-corrected chi connectivity index (χ2v) is 14.7. The van der Waals surface area contributed by atoms with Crippen LogP contribution >= 0.6 is 0 Å². The van der Waals surface area contributed by atoms with Crippen LogP contribution < -0.4 is 5.32 Å². The van der Waals surface area contributed by atoms with Gasteiger partial charge in [-0.05, 0) is 77.0 Å². The molecule has 2 aromatic heterocycles. The van der Waals surface area contributed by atoms with Crippen molar-refractivity contribution < 1.29 is 0 Å². The zero-order chi connectivity index (χ0) is 35.8. The quantitative estimate of drug-likeness (QED) is 0.195. The zero-order valence-electron chi connectivity index (χ0n) is 29.8. The molecule has 2 atom stereocenters. The smallest absolute Gasteiger partial charge is 0.0619 e. The Morgan fingerprint density at radius 1 is 0.463 bits per heavy atom. The van der Waals surface area contributed by atoms with Crippen molar-refractivity contribution in [2.75, 3.05) is 5.32 Å². The van der Waals surface area contributed by atoms with Crippen LogP contribution in [0.2, 0.25) is 0 Å². The third-order valence-corrected chi connectivity index (χ3v) is 11.7. The van der Waals surface area contributed by atoms with E-state index in [0.29, 0.717) is 0 Å². The number of para-hydroxylation sites is 3. The topological polar surface area (TPSA) is 21.9 Å². The van der Waals surface area contributed by atoms with Crippen molar-refractivity contribution in [1.29, 1.82) is 0 Å². The van der Waals surface area contributed by atoms with Gasteiger partial charge in [0.05, 0.1) is 28.1 Å². The van der Waals surface area contributed by atoms with Crippen LogP contribution in [0.1, 0.15) is 35.1 Å². The fraction of sp³-hybridized carbons (Fsp3) is 0.0588. The first-order valence-corrected chi connectivity index (χ1v) is 18.8. The van der Waals surface area contributed by atoms with Gasteiger partial charge < -0.3 is 14.5 Å². The van der Waals surface area contributed by atoms with E-state index in [-0.39, 0.29) is 12.0 Å². The summed E-state index contributed by atoms with van der Waals surface area (Å²) in [5, 5.41) is 11.5. The summed E-state index contributed by atoms with van der Waals surface area (Å²) in [6.45, 7) is 4.57. The van der Waals surface area contributed by atoms with E-state index in [1.807, 2.05) is 0 Å². The van der Waals surface area contributed by atoms with E-state index in [1.54, 1.807) is 0 Å². The molecule has 3 heteroatoms. The molecule has 11 rings (SSSR count). The van der Waals surface area contributed by atoms with Crippen LogP contribution in [0.5, 0.6) is 0 Å². The van der Waals surface area contributed by atoms with Crippen LogP contribution in [0.15, 0.2) is 189 Å². The van der Waals surface area contributed by atoms with Crippen LogP contribution in [0.3, 0.4) is 0 Å². The van der Waals surface area contributed by atoms with Gasteiger partial charge in [-0.15, -0.1) is 0 Å². The Bertz CT molecular complexity index is 3060. The van der Waals surface area contributed by atoms with Gasteiger partial charge in [-0.3, -0.25) is 0 Å². The van der Waals surface area contributed by atoms with E-state index >= 15 is 0 Å². The maximum absolute atomic E-state index is 4.57. The first-order chi connectivity index (χ1) is 26.7. The molecular weight excluding hydrogens is 655 g/mol. The summed E-state index contributed by atoms with van der Waals surface area (Å²) < 4.78 is 4.91. The number of benzene rings is 8. The summed E-state index contributed by atoms with van der Waals surface area (Å²) in [6, 6.07) is 66.7. The van der Waals surface area contributed by atoms with Crippen molar-refractivity contribution in [2.45, 2.75) is 18.4 Å². The zero-order valence-corrected chi connectivity index (χ0v) is 29.8. The number of aromatic nitrogens is 2. The van der Waals surface area contributed by atoms with Crippen LogP contribution in [-0.2, 0) is 0 Å². The Morgan fingerprint density at radius 3 is 1.94 bits per heavy atom. The Hall–Kier alpha value is -6.84. The summed E-state index contributed by atoms with van der Waals surface area (Å²) in [6.07, 6.45) is 0.880. The second kappa shape index (κ2) is 12.1. The third kappa shape index (κ3) is 4.68. The first-order valence-electron chi connectivity index (χ1n) is 18.8. The van der Waals surface area contributed by atoms with Gasteiger partial charge >= 0.3 is 0 Å². The maximum Gasteiger partial charge on any atom is 0.0619 e. The molecule has 0 radical (unpaired) electrons. The highest BCUT2D eigenvalue weighted by Gasteiger charge is 2.30. The number of anilines is 1. The van der Waals surface area contributed by atoms with Gasteiger partial charge in [0.1, 0.15) is 0 Å². The minimum atomic E-state index is 0.0713. The summed E-state index contributed by atoms with van der Waals surface area (Å²) in [7, 11) is 0. The minimum Gasteiger partial charge on any atom is -0.377 e. The highest BCUT2D eigenvalue weighted by atomic mass is 15.0. The third-order valence-electron chi connectivity index (χ3n) is 11.7. The molecule has 1 N–H and O–H groups in total. The van der Waals surface area contributed by atoms with E-state index in [9.17, 15) is 0 Å². The standard InChI is InChI=1S/C51H37N3/c1-33-30-43(34-14-4-2-5-15-34)50(52-46-22-12-10-19-39(33)46)36-24-27-38(28-25-36)54-49-32-48-44(31-45(49)42-29-26-35-16-8-9-20-40(35)51(42)54)41-21-11-13-23-47(41)53(48)37-17-6-3-7-18-37/h2-29,31-32,43,50,52H,1,30H2. The molecule has 0 amide bonds. The number of hydrogen-bond donors (Lipinski definition) is 1. The Balaban J connectivity index is 1.15. The maximum atomic E-state index is 4.57. The van der Waals surface area contributed by atoms with Crippen LogP contribution in [0.25, 0.3) is 71.3 Å². The SMILES string of the molecule is C=C1CC(c2ccccc2)C(c2ccc(-n3c4cc5c(cc4c4ccc6ccccc6c43)c3ccccc3n5-c3ccccc3)cc2)Nc2ccccc21. The molecule has 0 saturated heterocycles. The van der Waals surface area contributed by atoms with E-state index < -0.39 is 0 Å². The predicted octanol–water partition coefficient (Wildman–Crippen LogP) is 13.4. The van der Waals surface area contributed by atoms with Gasteiger partial charge in [0.2, 0.25) is 0 Å². The van der Waals surface area contributed by atoms with Crippen molar-refractivity contribution in [1.82, 2.24) is 9.13 Å². The number of fused-ring (bicyclic) bond motifs is 9. The average Bonchev–Trinajstić information content (AvgIpc) is 3.68. The lowest BCUT2D eigenvalue weighted by Gasteiger charge is -2.28. The highest BCUT2D eigenvalue weighted by molar-refractivity contribution is 6.23. The van der Waals surface area contributed by atoms with Gasteiger partial charge in [0.15, 0.2) is 0 Å². The second-order valence-electron chi connectivity index (χ2n) is 14.7. The molecule has 1 aliphatic rings. The van der Waals surface area contributed by atoms with E-state index in [0.717, 1.165) is 23.5 Å². The Labute approximate surface area is 314 Å². The number of allylic oxidation sites excluding steroid dienone is 1. The van der Waals surface area contributed by atoms with Gasteiger partial charge in [0, 0.05) is 55.5 Å². The van der Waals surface area contributed by atoms with Crippen molar-refractivity contribution in [2.24, 2.45) is 0 Å². The van der Waals surface area contributed by atoms with E-state index in [2.05, 4.69) is 203 Å². The minimum absolute atomic E-state index is 0.0713. The number of nitrogens with one attached hydrogen (secondary N) is 1. The van der Waals surface area contributed by atoms with Gasteiger partial charge in [-0.2, -0.15) is 0 Å².